The summed E-state index contributed by atoms with van der Waals surface area (Å²) in [5.41, 5.74) is 14.3. The summed E-state index contributed by atoms with van der Waals surface area (Å²) < 4.78 is 18.4. The van der Waals surface area contributed by atoms with Crippen molar-refractivity contribution >= 4 is 160 Å². The lowest BCUT2D eigenvalue weighted by molar-refractivity contribution is 0.673. The van der Waals surface area contributed by atoms with Crippen molar-refractivity contribution in [1.29, 1.82) is 0 Å². The quantitative estimate of drug-likeness (QED) is 0.149. The molecule has 476 valence electrons. The lowest BCUT2D eigenvalue weighted by atomic mass is 10.0. The van der Waals surface area contributed by atoms with Gasteiger partial charge < -0.3 is 4.42 Å². The van der Waals surface area contributed by atoms with Gasteiger partial charge in [-0.05, 0) is 95.1 Å². The molecule has 102 heavy (non-hydrogen) atoms. The van der Waals surface area contributed by atoms with Crippen LogP contribution in [0.1, 0.15) is 0 Å². The third-order valence-corrected chi connectivity index (χ3v) is 23.2. The molecule has 9 nitrogen and oxygen atoms in total. The molecule has 0 aliphatic rings. The molecule has 0 spiro atoms. The van der Waals surface area contributed by atoms with E-state index in [2.05, 4.69) is 300 Å². The number of hydrogen-bond donors (Lipinski definition) is 0. The first-order valence-electron chi connectivity index (χ1n) is 33.9. The van der Waals surface area contributed by atoms with Crippen LogP contribution >= 0.6 is 34.0 Å². The molecule has 0 saturated carbocycles. The van der Waals surface area contributed by atoms with Gasteiger partial charge in [-0.3, -0.25) is 9.13 Å². The average molecular weight is 1360 g/mol. The van der Waals surface area contributed by atoms with Crippen molar-refractivity contribution in [1.82, 2.24) is 39.0 Å². The SMILES string of the molecule is c1ccc(-c2ccc(-c3nc(-c4cccc5sc6ccccc6c45)nc(-n4c5ccccc5c5c6oc7ccccc7c6ccc54)n3)cc2)cc1.c1ccc(-c2cccc(-c3nc(-c4cccc5sc6ccccc6c45)nc(-n4c5ccccc5c5c6sc7ccccc7c6ccc54)n3)c2)cc1. The highest BCUT2D eigenvalue weighted by molar-refractivity contribution is 7.27. The van der Waals surface area contributed by atoms with Crippen molar-refractivity contribution in [3.8, 4) is 79.7 Å². The van der Waals surface area contributed by atoms with Gasteiger partial charge in [-0.2, -0.15) is 19.9 Å². The van der Waals surface area contributed by atoms with Gasteiger partial charge in [-0.1, -0.05) is 243 Å². The van der Waals surface area contributed by atoms with Gasteiger partial charge in [0.2, 0.25) is 11.9 Å². The third kappa shape index (κ3) is 9.34. The first-order valence-corrected chi connectivity index (χ1v) is 36.3. The van der Waals surface area contributed by atoms with Gasteiger partial charge in [0.25, 0.3) is 0 Å². The highest BCUT2D eigenvalue weighted by atomic mass is 32.1. The van der Waals surface area contributed by atoms with E-state index in [4.69, 9.17) is 34.3 Å². The molecule has 0 radical (unpaired) electrons. The van der Waals surface area contributed by atoms with Crippen molar-refractivity contribution in [3.63, 3.8) is 0 Å². The molecular weight excluding hydrogens is 1310 g/mol. The van der Waals surface area contributed by atoms with E-state index in [-0.39, 0.29) is 0 Å². The Balaban J connectivity index is 0.000000133. The topological polar surface area (TPSA) is 100 Å². The van der Waals surface area contributed by atoms with Crippen molar-refractivity contribution in [2.24, 2.45) is 0 Å². The monoisotopic (exact) mass is 1360 g/mol. The number of aromatic nitrogens is 8. The molecule has 14 aromatic carbocycles. The van der Waals surface area contributed by atoms with Crippen LogP contribution in [0.5, 0.6) is 0 Å². The molecular formula is C90H52N8OS3. The second-order valence-corrected chi connectivity index (χ2v) is 28.8. The van der Waals surface area contributed by atoms with Crippen LogP contribution in [0, 0.1) is 0 Å². The summed E-state index contributed by atoms with van der Waals surface area (Å²) >= 11 is 5.45. The van der Waals surface area contributed by atoms with Gasteiger partial charge in [0.05, 0.1) is 27.5 Å². The molecule has 0 fully saturated rings. The maximum Gasteiger partial charge on any atom is 0.238 e. The summed E-state index contributed by atoms with van der Waals surface area (Å²) in [6.07, 6.45) is 0. The number of furan rings is 1. The predicted octanol–water partition coefficient (Wildman–Crippen LogP) is 24.9. The summed E-state index contributed by atoms with van der Waals surface area (Å²) in [5, 5.41) is 14.0. The van der Waals surface area contributed by atoms with E-state index in [1.54, 1.807) is 22.7 Å². The molecule has 0 amide bonds. The fraction of sp³-hybridized carbons (Fsp3) is 0. The van der Waals surface area contributed by atoms with Crippen LogP contribution < -0.4 is 0 Å². The highest BCUT2D eigenvalue weighted by Crippen LogP contribution is 2.47. The van der Waals surface area contributed by atoms with E-state index in [0.717, 1.165) is 99.1 Å². The second kappa shape index (κ2) is 23.4. The van der Waals surface area contributed by atoms with Crippen LogP contribution in [0.4, 0.5) is 0 Å². The first kappa shape index (κ1) is 58.2. The van der Waals surface area contributed by atoms with E-state index >= 15 is 0 Å². The minimum Gasteiger partial charge on any atom is -0.455 e. The van der Waals surface area contributed by atoms with Gasteiger partial charge in [-0.25, -0.2) is 9.97 Å². The van der Waals surface area contributed by atoms with Gasteiger partial charge in [-0.15, -0.1) is 34.0 Å². The number of nitrogens with zero attached hydrogens (tertiary/aromatic N) is 8. The zero-order valence-corrected chi connectivity index (χ0v) is 56.7. The zero-order chi connectivity index (χ0) is 66.9. The van der Waals surface area contributed by atoms with E-state index in [9.17, 15) is 0 Å². The van der Waals surface area contributed by atoms with Gasteiger partial charge in [0, 0.05) is 110 Å². The largest absolute Gasteiger partial charge is 0.455 e. The van der Waals surface area contributed by atoms with E-state index in [1.165, 1.54) is 71.5 Å². The number of para-hydroxylation sites is 3. The molecule has 0 saturated heterocycles. The van der Waals surface area contributed by atoms with Crippen molar-refractivity contribution in [2.75, 3.05) is 0 Å². The Morgan fingerprint density at radius 1 is 0.235 bits per heavy atom. The molecule has 22 rings (SSSR count). The molecule has 0 unspecified atom stereocenters. The Kier molecular flexibility index (Phi) is 13.3. The number of rotatable bonds is 8. The third-order valence-electron chi connectivity index (χ3n) is 19.8. The minimum absolute atomic E-state index is 0.556. The number of thiophene rings is 3. The number of fused-ring (bicyclic) bond motifs is 20. The smallest absolute Gasteiger partial charge is 0.238 e. The van der Waals surface area contributed by atoms with Crippen LogP contribution in [-0.2, 0) is 0 Å². The van der Waals surface area contributed by atoms with E-state index in [0.29, 0.717) is 35.2 Å². The molecule has 8 heterocycles. The summed E-state index contributed by atoms with van der Waals surface area (Å²) in [6, 6.07) is 111. The lowest BCUT2D eigenvalue weighted by Crippen LogP contribution is -2.06. The van der Waals surface area contributed by atoms with Crippen LogP contribution in [0.3, 0.4) is 0 Å². The Morgan fingerprint density at radius 3 is 1.27 bits per heavy atom. The Hall–Kier alpha value is -12.8. The Bertz CT molecular complexity index is 7150. The standard InChI is InChI=1S/C45H26N4OS.C45H26N4S2/c1-2-11-27(12-3-1)28-21-23-29(24-22-28)43-46-44(34-16-10-20-39-40(34)33-15-6-9-19-38(33)51-39)48-45(47-43)49-35-17-7-4-14-32(35)41-36(49)26-25-31-30-13-5-8-18-37(30)50-42(31)41;1-2-12-27(13-3-1)28-14-10-15-29(26-28)43-46-44(34-19-11-23-39-40(34)33-18-6-9-22-38(33)50-39)48-45(47-43)49-35-20-7-4-17-32(35)41-36(49)25-24-31-30-16-5-8-21-37(30)51-42(31)41/h2*1-26H. The number of benzene rings is 14. The van der Waals surface area contributed by atoms with Crippen molar-refractivity contribution < 1.29 is 4.42 Å². The normalized spacial score (nSPS) is 11.9. The molecule has 0 aliphatic heterocycles. The molecule has 0 aliphatic carbocycles. The number of hydrogen-bond acceptors (Lipinski definition) is 10. The molecule has 0 atom stereocenters. The second-order valence-electron chi connectivity index (χ2n) is 25.6. The Morgan fingerprint density at radius 2 is 0.657 bits per heavy atom. The zero-order valence-electron chi connectivity index (χ0n) is 54.2. The molecule has 0 bridgehead atoms. The highest BCUT2D eigenvalue weighted by Gasteiger charge is 2.26. The van der Waals surface area contributed by atoms with Gasteiger partial charge in [0.1, 0.15) is 11.2 Å². The lowest BCUT2D eigenvalue weighted by Gasteiger charge is -2.12. The van der Waals surface area contributed by atoms with Crippen molar-refractivity contribution in [2.45, 2.75) is 0 Å². The summed E-state index contributed by atoms with van der Waals surface area (Å²) in [4.78, 5) is 31.7. The van der Waals surface area contributed by atoms with E-state index < -0.39 is 0 Å². The predicted molar refractivity (Wildman–Crippen MR) is 427 cm³/mol. The summed E-state index contributed by atoms with van der Waals surface area (Å²) in [6.45, 7) is 0. The van der Waals surface area contributed by atoms with Crippen LogP contribution in [0.25, 0.3) is 206 Å². The fourth-order valence-electron chi connectivity index (χ4n) is 15.2. The molecule has 0 N–H and O–H groups in total. The van der Waals surface area contributed by atoms with Crippen molar-refractivity contribution in [3.05, 3.63) is 315 Å². The van der Waals surface area contributed by atoms with Gasteiger partial charge in [0.15, 0.2) is 23.3 Å². The molecule has 22 aromatic rings. The first-order chi connectivity index (χ1) is 50.6. The van der Waals surface area contributed by atoms with E-state index in [1.807, 2.05) is 35.6 Å². The Labute approximate surface area is 594 Å². The fourth-order valence-corrected chi connectivity index (χ4v) is 18.7. The molecule has 8 aromatic heterocycles. The maximum absolute atomic E-state index is 6.57. The van der Waals surface area contributed by atoms with Crippen LogP contribution in [-0.4, -0.2) is 39.0 Å². The summed E-state index contributed by atoms with van der Waals surface area (Å²) in [5.74, 6) is 3.69. The molecule has 12 heteroatoms. The van der Waals surface area contributed by atoms with Crippen LogP contribution in [0.15, 0.2) is 320 Å². The average Bonchev–Trinajstić information content (AvgIpc) is 1.56. The van der Waals surface area contributed by atoms with Gasteiger partial charge >= 0.3 is 0 Å². The maximum atomic E-state index is 6.57. The summed E-state index contributed by atoms with van der Waals surface area (Å²) in [7, 11) is 0. The van der Waals surface area contributed by atoms with Crippen LogP contribution in [0.2, 0.25) is 0 Å². The minimum atomic E-state index is 0.556.